The maximum atomic E-state index is 15.6. The summed E-state index contributed by atoms with van der Waals surface area (Å²) in [6.07, 6.45) is -2.88. The van der Waals surface area contributed by atoms with Gasteiger partial charge < -0.3 is 5.11 Å². The van der Waals surface area contributed by atoms with Crippen LogP contribution in [0.3, 0.4) is 0 Å². The number of phenols is 1. The number of hydrazine groups is 1. The Labute approximate surface area is 333 Å². The van der Waals surface area contributed by atoms with Crippen molar-refractivity contribution >= 4 is 69.1 Å². The van der Waals surface area contributed by atoms with Crippen LogP contribution in [0.5, 0.6) is 5.75 Å². The van der Waals surface area contributed by atoms with Crippen LogP contribution in [-0.4, -0.2) is 45.8 Å². The van der Waals surface area contributed by atoms with E-state index in [1.807, 2.05) is 36.4 Å². The Balaban J connectivity index is 1.25. The molecule has 6 atom stereocenters. The maximum absolute atomic E-state index is 15.6. The van der Waals surface area contributed by atoms with Gasteiger partial charge in [0.25, 0.3) is 11.8 Å². The van der Waals surface area contributed by atoms with Crippen molar-refractivity contribution in [1.29, 1.82) is 0 Å². The Kier molecular flexibility index (Phi) is 8.53. The molecular formula is C43H31Cl2F3N4O5. The van der Waals surface area contributed by atoms with Gasteiger partial charge in [-0.3, -0.25) is 24.2 Å². The molecule has 6 unspecified atom stereocenters. The summed E-state index contributed by atoms with van der Waals surface area (Å²) in [6.45, 7) is 0. The summed E-state index contributed by atoms with van der Waals surface area (Å²) in [4.78, 5) is 64.5. The highest BCUT2D eigenvalue weighted by molar-refractivity contribution is 6.33. The van der Waals surface area contributed by atoms with Crippen LogP contribution in [0, 0.1) is 23.7 Å². The van der Waals surface area contributed by atoms with E-state index < -0.39 is 76.3 Å². The molecule has 288 valence electrons. The fourth-order valence-corrected chi connectivity index (χ4v) is 10.2. The van der Waals surface area contributed by atoms with Crippen molar-refractivity contribution in [2.45, 2.75) is 30.4 Å². The zero-order valence-corrected chi connectivity index (χ0v) is 31.5. The predicted octanol–water partition coefficient (Wildman–Crippen LogP) is 8.48. The van der Waals surface area contributed by atoms with Gasteiger partial charge in [-0.1, -0.05) is 102 Å². The number of aromatic nitrogens is 1. The van der Waals surface area contributed by atoms with E-state index in [1.54, 1.807) is 60.7 Å². The SMILES string of the molecule is CN(c1nc(C(F)(F)F)ccc1Cl)N1C(=O)C2CC=C3C(CC4C(=O)N(c5cccc(Cl)c5)C(=O)C4(c4ccccc4)C3c3ccc(O)c4ccccc34)C2C1=O. The lowest BCUT2D eigenvalue weighted by atomic mass is 9.49. The zero-order valence-electron chi connectivity index (χ0n) is 30.0. The number of nitrogens with zero attached hydrogens (tertiary/aromatic N) is 4. The van der Waals surface area contributed by atoms with Gasteiger partial charge in [-0.05, 0) is 71.7 Å². The van der Waals surface area contributed by atoms with Gasteiger partial charge in [-0.15, -0.1) is 0 Å². The van der Waals surface area contributed by atoms with E-state index in [9.17, 15) is 27.9 Å². The fourth-order valence-electron chi connectivity index (χ4n) is 9.84. The van der Waals surface area contributed by atoms with E-state index in [2.05, 4.69) is 4.98 Å². The van der Waals surface area contributed by atoms with Gasteiger partial charge in [0.2, 0.25) is 11.8 Å². The van der Waals surface area contributed by atoms with Crippen molar-refractivity contribution in [1.82, 2.24) is 9.99 Å². The first-order valence-electron chi connectivity index (χ1n) is 18.2. The number of carbonyl (C=O) groups is 4. The molecule has 3 fully saturated rings. The molecule has 0 radical (unpaired) electrons. The Bertz CT molecular complexity index is 2590. The second kappa shape index (κ2) is 13.2. The van der Waals surface area contributed by atoms with E-state index in [0.29, 0.717) is 38.6 Å². The smallest absolute Gasteiger partial charge is 0.433 e. The molecule has 2 aliphatic carbocycles. The van der Waals surface area contributed by atoms with Crippen molar-refractivity contribution < 1.29 is 37.5 Å². The van der Waals surface area contributed by atoms with Gasteiger partial charge in [0.05, 0.1) is 33.9 Å². The number of pyridine rings is 1. The number of carbonyl (C=O) groups excluding carboxylic acids is 4. The maximum Gasteiger partial charge on any atom is 0.433 e. The van der Waals surface area contributed by atoms with Crippen LogP contribution >= 0.6 is 23.2 Å². The fraction of sp³-hybridized carbons (Fsp3) is 0.233. The number of amides is 4. The summed E-state index contributed by atoms with van der Waals surface area (Å²) in [5, 5.41) is 14.0. The van der Waals surface area contributed by atoms with Crippen LogP contribution in [0.25, 0.3) is 10.8 Å². The molecule has 5 aromatic rings. The molecule has 1 N–H and O–H groups in total. The van der Waals surface area contributed by atoms with Crippen molar-refractivity contribution in [2.75, 3.05) is 17.0 Å². The topological polar surface area (TPSA) is 111 Å². The van der Waals surface area contributed by atoms with Gasteiger partial charge in [-0.25, -0.2) is 9.88 Å². The van der Waals surface area contributed by atoms with Crippen LogP contribution in [0.4, 0.5) is 24.7 Å². The van der Waals surface area contributed by atoms with Gasteiger partial charge in [0.1, 0.15) is 11.4 Å². The van der Waals surface area contributed by atoms with Gasteiger partial charge in [0.15, 0.2) is 5.82 Å². The number of imide groups is 2. The Morgan fingerprint density at radius 1 is 0.825 bits per heavy atom. The number of phenolic OH excluding ortho intramolecular Hbond substituents is 1. The Hall–Kier alpha value is -5.72. The molecule has 14 heteroatoms. The number of aromatic hydroxyl groups is 1. The van der Waals surface area contributed by atoms with Crippen LogP contribution in [0.2, 0.25) is 10.0 Å². The third kappa shape index (κ3) is 5.33. The Morgan fingerprint density at radius 2 is 1.54 bits per heavy atom. The highest BCUT2D eigenvalue weighted by Gasteiger charge is 2.70. The molecule has 0 bridgehead atoms. The molecule has 1 aromatic heterocycles. The molecule has 4 aromatic carbocycles. The third-order valence-electron chi connectivity index (χ3n) is 12.1. The first-order valence-corrected chi connectivity index (χ1v) is 19.0. The lowest BCUT2D eigenvalue weighted by Crippen LogP contribution is -2.53. The summed E-state index contributed by atoms with van der Waals surface area (Å²) < 4.78 is 41.2. The lowest BCUT2D eigenvalue weighted by Gasteiger charge is -2.51. The minimum Gasteiger partial charge on any atom is -0.507 e. The number of hydrogen-bond donors (Lipinski definition) is 1. The summed E-state index contributed by atoms with van der Waals surface area (Å²) >= 11 is 12.7. The van der Waals surface area contributed by atoms with Gasteiger partial charge >= 0.3 is 6.18 Å². The number of hydrogen-bond acceptors (Lipinski definition) is 7. The second-order valence-corrected chi connectivity index (χ2v) is 15.7. The van der Waals surface area contributed by atoms with E-state index in [1.165, 1.54) is 7.05 Å². The molecular weight excluding hydrogens is 780 g/mol. The summed E-state index contributed by atoms with van der Waals surface area (Å²) in [5.41, 5.74) is -0.670. The number of rotatable bonds is 5. The van der Waals surface area contributed by atoms with E-state index >= 15 is 9.59 Å². The van der Waals surface area contributed by atoms with Gasteiger partial charge in [-0.2, -0.15) is 18.2 Å². The molecule has 9 nitrogen and oxygen atoms in total. The molecule has 57 heavy (non-hydrogen) atoms. The molecule has 0 spiro atoms. The average Bonchev–Trinajstić information content (AvgIpc) is 3.58. The second-order valence-electron chi connectivity index (χ2n) is 14.8. The molecule has 9 rings (SSSR count). The van der Waals surface area contributed by atoms with Crippen LogP contribution < -0.4 is 9.91 Å². The highest BCUT2D eigenvalue weighted by Crippen LogP contribution is 2.65. The molecule has 2 saturated heterocycles. The standard InChI is InChI=1S/C43H31Cl2F3N4O5/c1-50(37-32(45)17-19-34(49-37)43(46,47)48)52-38(54)29-15-14-28-30(35(29)40(52)56)21-31-39(55)51(24-11-7-10-23(44)20-24)41(57)42(31,22-8-3-2-4-9-22)36(28)27-16-18-33(53)26-13-6-5-12-25(26)27/h2-14,16-20,29-31,35-36,53H,15,21H2,1H3. The summed E-state index contributed by atoms with van der Waals surface area (Å²) in [5.74, 6) is -7.46. The first-order chi connectivity index (χ1) is 27.2. The summed E-state index contributed by atoms with van der Waals surface area (Å²) in [7, 11) is 1.25. The number of halogens is 5. The van der Waals surface area contributed by atoms with Crippen molar-refractivity contribution in [3.05, 3.63) is 142 Å². The number of anilines is 2. The lowest BCUT2D eigenvalue weighted by molar-refractivity contribution is -0.141. The molecule has 4 amide bonds. The van der Waals surface area contributed by atoms with Gasteiger partial charge in [0, 0.05) is 23.4 Å². The largest absolute Gasteiger partial charge is 0.507 e. The van der Waals surface area contributed by atoms with Crippen molar-refractivity contribution in [3.63, 3.8) is 0 Å². The minimum atomic E-state index is -4.82. The quantitative estimate of drug-likeness (QED) is 0.140. The van der Waals surface area contributed by atoms with E-state index in [-0.39, 0.29) is 29.3 Å². The Morgan fingerprint density at radius 3 is 2.26 bits per heavy atom. The van der Waals surface area contributed by atoms with Crippen molar-refractivity contribution in [2.24, 2.45) is 23.7 Å². The molecule has 3 heterocycles. The minimum absolute atomic E-state index is 0.00477. The van der Waals surface area contributed by atoms with Crippen LogP contribution in [0.15, 0.2) is 115 Å². The predicted molar refractivity (Wildman–Crippen MR) is 206 cm³/mol. The third-order valence-corrected chi connectivity index (χ3v) is 12.6. The molecule has 2 aliphatic heterocycles. The molecule has 1 saturated carbocycles. The highest BCUT2D eigenvalue weighted by atomic mass is 35.5. The number of fused-ring (bicyclic) bond motifs is 5. The van der Waals surface area contributed by atoms with Crippen molar-refractivity contribution in [3.8, 4) is 5.75 Å². The van der Waals surface area contributed by atoms with Crippen LogP contribution in [-0.2, 0) is 30.8 Å². The number of benzene rings is 4. The number of allylic oxidation sites excluding steroid dienone is 2. The summed E-state index contributed by atoms with van der Waals surface area (Å²) in [6, 6.07) is 27.7. The zero-order chi connectivity index (χ0) is 40.1. The number of alkyl halides is 3. The molecule has 4 aliphatic rings. The monoisotopic (exact) mass is 810 g/mol. The normalized spacial score (nSPS) is 25.7. The average molecular weight is 812 g/mol. The van der Waals surface area contributed by atoms with E-state index in [4.69, 9.17) is 23.2 Å². The van der Waals surface area contributed by atoms with E-state index in [0.717, 1.165) is 21.0 Å². The first kappa shape index (κ1) is 36.9. The van der Waals surface area contributed by atoms with Crippen LogP contribution in [0.1, 0.15) is 35.6 Å².